The van der Waals surface area contributed by atoms with Crippen LogP contribution in [0.5, 0.6) is 0 Å². The van der Waals surface area contributed by atoms with E-state index >= 15 is 0 Å². The summed E-state index contributed by atoms with van der Waals surface area (Å²) in [6, 6.07) is 10.9. The van der Waals surface area contributed by atoms with Gasteiger partial charge in [0.15, 0.2) is 5.82 Å². The lowest BCUT2D eigenvalue weighted by atomic mass is 9.91. The van der Waals surface area contributed by atoms with E-state index in [4.69, 9.17) is 0 Å². The van der Waals surface area contributed by atoms with Crippen molar-refractivity contribution in [1.29, 1.82) is 0 Å². The zero-order valence-corrected chi connectivity index (χ0v) is 20.2. The van der Waals surface area contributed by atoms with Gasteiger partial charge >= 0.3 is 6.03 Å². The van der Waals surface area contributed by atoms with Crippen molar-refractivity contribution in [3.05, 3.63) is 65.2 Å². The van der Waals surface area contributed by atoms with Crippen LogP contribution in [-0.4, -0.2) is 44.1 Å². The number of rotatable bonds is 5. The molecule has 0 radical (unpaired) electrons. The molecule has 3 heterocycles. The van der Waals surface area contributed by atoms with Gasteiger partial charge in [-0.05, 0) is 50.5 Å². The van der Waals surface area contributed by atoms with E-state index in [0.29, 0.717) is 17.0 Å². The SMILES string of the molecule is Cc1ccc(C2(C)NC(=O)N(CC(=O)Nc3cc(-c4nnc5n4CCCCC5)ccc3F)C2=O)cc1. The lowest BCUT2D eigenvalue weighted by Crippen LogP contribution is -2.42. The number of anilines is 1. The quantitative estimate of drug-likeness (QED) is 0.532. The second-order valence-corrected chi connectivity index (χ2v) is 9.46. The molecule has 1 saturated heterocycles. The summed E-state index contributed by atoms with van der Waals surface area (Å²) in [6.45, 7) is 3.75. The Morgan fingerprint density at radius 3 is 2.67 bits per heavy atom. The van der Waals surface area contributed by atoms with Crippen LogP contribution in [0.3, 0.4) is 0 Å². The second kappa shape index (κ2) is 9.18. The van der Waals surface area contributed by atoms with E-state index in [1.54, 1.807) is 25.1 Å². The molecule has 5 rings (SSSR count). The Morgan fingerprint density at radius 2 is 1.89 bits per heavy atom. The zero-order chi connectivity index (χ0) is 25.4. The minimum Gasteiger partial charge on any atom is -0.322 e. The van der Waals surface area contributed by atoms with Crippen molar-refractivity contribution >= 4 is 23.5 Å². The van der Waals surface area contributed by atoms with Crippen LogP contribution in [0.2, 0.25) is 0 Å². The summed E-state index contributed by atoms with van der Waals surface area (Å²) in [5.74, 6) is -0.364. The second-order valence-electron chi connectivity index (χ2n) is 9.46. The van der Waals surface area contributed by atoms with Crippen LogP contribution < -0.4 is 10.6 Å². The summed E-state index contributed by atoms with van der Waals surface area (Å²) in [5.41, 5.74) is 0.898. The summed E-state index contributed by atoms with van der Waals surface area (Å²) in [6.07, 6.45) is 4.01. The van der Waals surface area contributed by atoms with Gasteiger partial charge in [0, 0.05) is 18.5 Å². The normalized spacial score (nSPS) is 19.6. The van der Waals surface area contributed by atoms with Crippen molar-refractivity contribution in [2.24, 2.45) is 0 Å². The molecule has 2 N–H and O–H groups in total. The number of hydrogen-bond donors (Lipinski definition) is 2. The van der Waals surface area contributed by atoms with E-state index < -0.39 is 35.7 Å². The van der Waals surface area contributed by atoms with E-state index in [1.165, 1.54) is 12.1 Å². The molecule has 36 heavy (non-hydrogen) atoms. The van der Waals surface area contributed by atoms with Crippen LogP contribution in [0.4, 0.5) is 14.9 Å². The fourth-order valence-electron chi connectivity index (χ4n) is 4.72. The smallest absolute Gasteiger partial charge is 0.322 e. The van der Waals surface area contributed by atoms with E-state index in [2.05, 4.69) is 20.8 Å². The molecule has 1 unspecified atom stereocenters. The number of hydrogen-bond acceptors (Lipinski definition) is 5. The maximum Gasteiger partial charge on any atom is 0.325 e. The number of aryl methyl sites for hydroxylation is 2. The van der Waals surface area contributed by atoms with Crippen LogP contribution in [0.15, 0.2) is 42.5 Å². The Bertz CT molecular complexity index is 1350. The Morgan fingerprint density at radius 1 is 1.11 bits per heavy atom. The van der Waals surface area contributed by atoms with Crippen LogP contribution in [-0.2, 0) is 28.1 Å². The standard InChI is InChI=1S/C26H27FN6O3/c1-16-7-10-18(11-8-16)26(2)24(35)33(25(36)29-26)15-22(34)28-20-14-17(9-12-19(20)27)23-31-30-21-6-4-3-5-13-32(21)23/h7-12,14H,3-6,13,15H2,1-2H3,(H,28,34)(H,29,36). The molecule has 0 bridgehead atoms. The highest BCUT2D eigenvalue weighted by Crippen LogP contribution is 2.30. The van der Waals surface area contributed by atoms with Crippen molar-refractivity contribution in [2.75, 3.05) is 11.9 Å². The third-order valence-electron chi connectivity index (χ3n) is 6.81. The van der Waals surface area contributed by atoms with Gasteiger partial charge in [-0.3, -0.25) is 14.5 Å². The predicted molar refractivity (Wildman–Crippen MR) is 130 cm³/mol. The molecule has 1 fully saturated rings. The Balaban J connectivity index is 1.33. The van der Waals surface area contributed by atoms with E-state index in [-0.39, 0.29) is 5.69 Å². The molecular formula is C26H27FN6O3. The number of benzene rings is 2. The summed E-state index contributed by atoms with van der Waals surface area (Å²) in [5, 5.41) is 13.7. The minimum absolute atomic E-state index is 0.0585. The monoisotopic (exact) mass is 490 g/mol. The first-order chi connectivity index (χ1) is 17.3. The minimum atomic E-state index is -1.29. The number of aromatic nitrogens is 3. The van der Waals surface area contributed by atoms with Crippen molar-refractivity contribution in [1.82, 2.24) is 25.0 Å². The highest BCUT2D eigenvalue weighted by molar-refractivity contribution is 6.10. The third kappa shape index (κ3) is 4.23. The lowest BCUT2D eigenvalue weighted by molar-refractivity contribution is -0.133. The molecule has 2 aliphatic heterocycles. The fourth-order valence-corrected chi connectivity index (χ4v) is 4.72. The molecule has 2 aliphatic rings. The number of amides is 4. The topological polar surface area (TPSA) is 109 Å². The number of nitrogens with zero attached hydrogens (tertiary/aromatic N) is 4. The lowest BCUT2D eigenvalue weighted by Gasteiger charge is -2.22. The van der Waals surface area contributed by atoms with Crippen LogP contribution in [0, 0.1) is 12.7 Å². The largest absolute Gasteiger partial charge is 0.325 e. The van der Waals surface area contributed by atoms with Crippen LogP contribution in [0.1, 0.15) is 43.1 Å². The Hall–Kier alpha value is -4.08. The van der Waals surface area contributed by atoms with Gasteiger partial charge < -0.3 is 15.2 Å². The third-order valence-corrected chi connectivity index (χ3v) is 6.81. The van der Waals surface area contributed by atoms with Crippen LogP contribution >= 0.6 is 0 Å². The van der Waals surface area contributed by atoms with E-state index in [1.807, 2.05) is 23.6 Å². The molecule has 0 spiro atoms. The highest BCUT2D eigenvalue weighted by Gasteiger charge is 2.49. The van der Waals surface area contributed by atoms with Gasteiger partial charge in [-0.2, -0.15) is 0 Å². The first-order valence-electron chi connectivity index (χ1n) is 12.0. The molecule has 186 valence electrons. The molecule has 1 aromatic heterocycles. The predicted octanol–water partition coefficient (Wildman–Crippen LogP) is 3.52. The van der Waals surface area contributed by atoms with Gasteiger partial charge in [-0.1, -0.05) is 36.2 Å². The number of halogens is 1. The summed E-state index contributed by atoms with van der Waals surface area (Å²) in [7, 11) is 0. The maximum absolute atomic E-state index is 14.6. The Labute approximate surface area is 207 Å². The molecule has 4 amide bonds. The molecule has 2 aromatic carbocycles. The highest BCUT2D eigenvalue weighted by atomic mass is 19.1. The van der Waals surface area contributed by atoms with Gasteiger partial charge in [-0.25, -0.2) is 9.18 Å². The van der Waals surface area contributed by atoms with Gasteiger partial charge in [0.2, 0.25) is 5.91 Å². The first-order valence-corrected chi connectivity index (χ1v) is 12.0. The Kier molecular flexibility index (Phi) is 6.03. The molecule has 0 aliphatic carbocycles. The number of carbonyl (C=O) groups is 3. The van der Waals surface area contributed by atoms with Crippen molar-refractivity contribution < 1.29 is 18.8 Å². The molecule has 1 atom stereocenters. The van der Waals surface area contributed by atoms with Crippen molar-refractivity contribution in [3.8, 4) is 11.4 Å². The average molecular weight is 491 g/mol. The zero-order valence-electron chi connectivity index (χ0n) is 20.2. The fraction of sp³-hybridized carbons (Fsp3) is 0.346. The number of imide groups is 1. The van der Waals surface area contributed by atoms with Gasteiger partial charge in [0.25, 0.3) is 5.91 Å². The number of nitrogens with one attached hydrogen (secondary N) is 2. The number of carbonyl (C=O) groups excluding carboxylic acids is 3. The first kappa shape index (κ1) is 23.7. The van der Waals surface area contributed by atoms with Crippen molar-refractivity contribution in [3.63, 3.8) is 0 Å². The molecule has 9 nitrogen and oxygen atoms in total. The van der Waals surface area contributed by atoms with E-state index in [0.717, 1.165) is 48.5 Å². The average Bonchev–Trinajstić information content (AvgIpc) is 3.23. The van der Waals surface area contributed by atoms with Crippen LogP contribution in [0.25, 0.3) is 11.4 Å². The summed E-state index contributed by atoms with van der Waals surface area (Å²) >= 11 is 0. The molecular weight excluding hydrogens is 463 g/mol. The molecule has 0 saturated carbocycles. The number of fused-ring (bicyclic) bond motifs is 1. The van der Waals surface area contributed by atoms with Gasteiger partial charge in [-0.15, -0.1) is 10.2 Å². The maximum atomic E-state index is 14.6. The molecule has 10 heteroatoms. The summed E-state index contributed by atoms with van der Waals surface area (Å²) < 4.78 is 16.6. The number of urea groups is 1. The molecule has 3 aromatic rings. The van der Waals surface area contributed by atoms with Crippen molar-refractivity contribution in [2.45, 2.75) is 51.6 Å². The summed E-state index contributed by atoms with van der Waals surface area (Å²) in [4.78, 5) is 39.4. The van der Waals surface area contributed by atoms with Gasteiger partial charge in [0.1, 0.15) is 23.7 Å². The van der Waals surface area contributed by atoms with E-state index in [9.17, 15) is 18.8 Å². The van der Waals surface area contributed by atoms with Gasteiger partial charge in [0.05, 0.1) is 5.69 Å².